The number of thiazole rings is 1. The maximum absolute atomic E-state index is 13.9. The van der Waals surface area contributed by atoms with Crippen LogP contribution in [-0.4, -0.2) is 21.7 Å². The summed E-state index contributed by atoms with van der Waals surface area (Å²) in [6.07, 6.45) is 3.07. The van der Waals surface area contributed by atoms with E-state index < -0.39 is 11.0 Å². The largest absolute Gasteiger partial charge is 0.506 e. The molecule has 1 unspecified atom stereocenters. The molecule has 1 atom stereocenters. The number of aryl methyl sites for hydroxylation is 1. The summed E-state index contributed by atoms with van der Waals surface area (Å²) in [5, 5.41) is 22.0. The molecule has 0 saturated carbocycles. The third-order valence-corrected chi connectivity index (χ3v) is 8.44. The van der Waals surface area contributed by atoms with Gasteiger partial charge in [0.1, 0.15) is 11.5 Å². The molecule has 0 saturated heterocycles. The maximum atomic E-state index is 13.9. The molecule has 6 rings (SSSR count). The van der Waals surface area contributed by atoms with Crippen LogP contribution in [0.5, 0.6) is 11.5 Å². The lowest BCUT2D eigenvalue weighted by molar-refractivity contribution is -0.385. The van der Waals surface area contributed by atoms with Crippen LogP contribution in [0.4, 0.5) is 5.69 Å². The molecule has 0 radical (unpaired) electrons. The van der Waals surface area contributed by atoms with Gasteiger partial charge in [0.2, 0.25) is 0 Å². The quantitative estimate of drug-likeness (QED) is 0.274. The number of halogens is 1. The number of phenolic OH excluding ortho intramolecular Hbond substituents is 1. The van der Waals surface area contributed by atoms with Crippen LogP contribution in [-0.2, 0) is 6.42 Å². The molecule has 3 aromatic carbocycles. The number of nitro groups is 1. The summed E-state index contributed by atoms with van der Waals surface area (Å²) in [4.78, 5) is 30.2. The number of ether oxygens (including phenoxy) is 1. The zero-order valence-electron chi connectivity index (χ0n) is 20.1. The van der Waals surface area contributed by atoms with Gasteiger partial charge < -0.3 is 9.84 Å². The molecular weight excluding hydrogens is 570 g/mol. The summed E-state index contributed by atoms with van der Waals surface area (Å²) in [7, 11) is 1.61. The van der Waals surface area contributed by atoms with E-state index in [1.807, 2.05) is 36.4 Å². The molecule has 2 aliphatic rings. The standard InChI is InChI=1S/C28H20BrN3O5S/c1-37-19-7-4-6-16(12-19)25-21-10-9-15-5-2-3-8-20(15)24(21)30-28-31(25)27(34)23(38-28)13-17-11-18(32(35)36)14-22(29)26(17)33/h2-8,11-14,25,33H,9-10H2,1H3/b23-13+. The highest BCUT2D eigenvalue weighted by molar-refractivity contribution is 9.10. The number of benzene rings is 3. The van der Waals surface area contributed by atoms with Gasteiger partial charge in [0, 0.05) is 23.3 Å². The smallest absolute Gasteiger partial charge is 0.271 e. The molecule has 0 spiro atoms. The highest BCUT2D eigenvalue weighted by atomic mass is 79.9. The molecule has 2 heterocycles. The van der Waals surface area contributed by atoms with Crippen LogP contribution in [0, 0.1) is 10.1 Å². The van der Waals surface area contributed by atoms with Crippen LogP contribution >= 0.6 is 27.3 Å². The van der Waals surface area contributed by atoms with E-state index in [0.29, 0.717) is 15.1 Å². The van der Waals surface area contributed by atoms with Gasteiger partial charge in [-0.3, -0.25) is 19.5 Å². The fourth-order valence-electron chi connectivity index (χ4n) is 5.10. The van der Waals surface area contributed by atoms with Crippen molar-refractivity contribution in [3.05, 3.63) is 123 Å². The molecule has 190 valence electrons. The van der Waals surface area contributed by atoms with Crippen molar-refractivity contribution < 1.29 is 14.8 Å². The van der Waals surface area contributed by atoms with E-state index in [-0.39, 0.29) is 27.0 Å². The van der Waals surface area contributed by atoms with Crippen molar-refractivity contribution in [3.63, 3.8) is 0 Å². The topological polar surface area (TPSA) is 107 Å². The third kappa shape index (κ3) is 3.97. The predicted molar refractivity (Wildman–Crippen MR) is 148 cm³/mol. The molecule has 1 aromatic heterocycles. The molecule has 10 heteroatoms. The molecular formula is C28H20BrN3O5S. The van der Waals surface area contributed by atoms with E-state index in [4.69, 9.17) is 9.73 Å². The van der Waals surface area contributed by atoms with Crippen LogP contribution in [0.1, 0.15) is 34.7 Å². The summed E-state index contributed by atoms with van der Waals surface area (Å²) in [5.74, 6) is 0.505. The zero-order valence-corrected chi connectivity index (χ0v) is 22.5. The average Bonchev–Trinajstić information content (AvgIpc) is 3.24. The average molecular weight is 590 g/mol. The second-order valence-electron chi connectivity index (χ2n) is 9.01. The molecule has 1 aliphatic carbocycles. The van der Waals surface area contributed by atoms with Crippen molar-refractivity contribution in [2.45, 2.75) is 18.9 Å². The van der Waals surface area contributed by atoms with Crippen molar-refractivity contribution in [2.75, 3.05) is 7.11 Å². The lowest BCUT2D eigenvalue weighted by Crippen LogP contribution is -2.38. The summed E-state index contributed by atoms with van der Waals surface area (Å²) >= 11 is 4.36. The number of hydrogen-bond donors (Lipinski definition) is 1. The van der Waals surface area contributed by atoms with Gasteiger partial charge in [0.25, 0.3) is 11.2 Å². The Balaban J connectivity index is 1.63. The Kier molecular flexibility index (Phi) is 6.00. The van der Waals surface area contributed by atoms with Gasteiger partial charge in [-0.15, -0.1) is 0 Å². The molecule has 1 N–H and O–H groups in total. The Morgan fingerprint density at radius 1 is 1.18 bits per heavy atom. The molecule has 0 amide bonds. The Morgan fingerprint density at radius 2 is 2.00 bits per heavy atom. The summed E-state index contributed by atoms with van der Waals surface area (Å²) in [6, 6.07) is 17.9. The summed E-state index contributed by atoms with van der Waals surface area (Å²) < 4.78 is 7.65. The molecule has 0 bridgehead atoms. The number of aromatic hydroxyl groups is 1. The van der Waals surface area contributed by atoms with Crippen molar-refractivity contribution >= 4 is 44.7 Å². The number of non-ortho nitro benzene ring substituents is 1. The number of nitro benzene ring substituents is 1. The number of phenols is 1. The molecule has 0 fully saturated rings. The Hall–Kier alpha value is -4.02. The lowest BCUT2D eigenvalue weighted by atomic mass is 9.83. The number of aromatic nitrogens is 1. The van der Waals surface area contributed by atoms with E-state index in [1.54, 1.807) is 11.7 Å². The van der Waals surface area contributed by atoms with Crippen molar-refractivity contribution in [3.8, 4) is 11.5 Å². The van der Waals surface area contributed by atoms with Crippen LogP contribution < -0.4 is 19.6 Å². The Labute approximate surface area is 228 Å². The number of nitrogens with zero attached hydrogens (tertiary/aromatic N) is 3. The summed E-state index contributed by atoms with van der Waals surface area (Å²) in [6.45, 7) is 0. The third-order valence-electron chi connectivity index (χ3n) is 6.86. The monoisotopic (exact) mass is 589 g/mol. The van der Waals surface area contributed by atoms with E-state index in [9.17, 15) is 20.0 Å². The van der Waals surface area contributed by atoms with Gasteiger partial charge in [0.15, 0.2) is 4.80 Å². The molecule has 38 heavy (non-hydrogen) atoms. The predicted octanol–water partition coefficient (Wildman–Crippen LogP) is 4.70. The van der Waals surface area contributed by atoms with Crippen LogP contribution in [0.2, 0.25) is 0 Å². The minimum Gasteiger partial charge on any atom is -0.506 e. The van der Waals surface area contributed by atoms with E-state index in [0.717, 1.165) is 35.2 Å². The second-order valence-corrected chi connectivity index (χ2v) is 10.9. The minimum atomic E-state index is -0.544. The molecule has 1 aliphatic heterocycles. The highest BCUT2D eigenvalue weighted by Crippen LogP contribution is 2.41. The van der Waals surface area contributed by atoms with E-state index in [2.05, 4.69) is 28.1 Å². The first-order valence-electron chi connectivity index (χ1n) is 11.8. The van der Waals surface area contributed by atoms with Gasteiger partial charge in [-0.25, -0.2) is 4.99 Å². The van der Waals surface area contributed by atoms with Crippen LogP contribution in [0.25, 0.3) is 11.8 Å². The maximum Gasteiger partial charge on any atom is 0.271 e. The minimum absolute atomic E-state index is 0.170. The first kappa shape index (κ1) is 24.3. The SMILES string of the molecule is COc1cccc(C2C3=C(N=c4s/c(=C/c5cc([N+](=O)[O-])cc(Br)c5O)c(=O)n42)c2ccccc2CC3)c1. The number of methoxy groups -OCH3 is 1. The first-order valence-corrected chi connectivity index (χ1v) is 13.4. The zero-order chi connectivity index (χ0) is 26.6. The normalized spacial score (nSPS) is 16.4. The number of rotatable bonds is 4. The number of fused-ring (bicyclic) bond motifs is 3. The van der Waals surface area contributed by atoms with Gasteiger partial charge in [-0.2, -0.15) is 0 Å². The second kappa shape index (κ2) is 9.38. The lowest BCUT2D eigenvalue weighted by Gasteiger charge is -2.31. The van der Waals surface area contributed by atoms with Crippen molar-refractivity contribution in [1.29, 1.82) is 0 Å². The number of allylic oxidation sites excluding steroid dienone is 1. The molecule has 8 nitrogen and oxygen atoms in total. The van der Waals surface area contributed by atoms with Gasteiger partial charge in [-0.1, -0.05) is 47.7 Å². The Bertz CT molecular complexity index is 1860. The van der Waals surface area contributed by atoms with Gasteiger partial charge in [-0.05, 0) is 63.7 Å². The fourth-order valence-corrected chi connectivity index (χ4v) is 6.55. The number of hydrogen-bond acceptors (Lipinski definition) is 7. The fraction of sp³-hybridized carbons (Fsp3) is 0.143. The van der Waals surface area contributed by atoms with Crippen molar-refractivity contribution in [2.24, 2.45) is 4.99 Å². The van der Waals surface area contributed by atoms with E-state index in [1.165, 1.54) is 35.1 Å². The van der Waals surface area contributed by atoms with Gasteiger partial charge >= 0.3 is 0 Å². The van der Waals surface area contributed by atoms with Gasteiger partial charge in [0.05, 0.1) is 32.8 Å². The molecule has 4 aromatic rings. The highest BCUT2D eigenvalue weighted by Gasteiger charge is 2.32. The van der Waals surface area contributed by atoms with E-state index >= 15 is 0 Å². The van der Waals surface area contributed by atoms with Crippen LogP contribution in [0.15, 0.2) is 80.5 Å². The first-order chi connectivity index (χ1) is 18.4. The Morgan fingerprint density at radius 3 is 2.79 bits per heavy atom. The van der Waals surface area contributed by atoms with Crippen molar-refractivity contribution in [1.82, 2.24) is 4.57 Å². The van der Waals surface area contributed by atoms with Crippen LogP contribution in [0.3, 0.4) is 0 Å². The summed E-state index contributed by atoms with van der Waals surface area (Å²) in [5.41, 5.74) is 4.78.